The molecular formula is C36H36N4O6. The fourth-order valence-electron chi connectivity index (χ4n) is 4.66. The predicted molar refractivity (Wildman–Crippen MR) is 175 cm³/mol. The van der Waals surface area contributed by atoms with Crippen LogP contribution in [0.4, 0.5) is 5.69 Å². The van der Waals surface area contributed by atoms with Crippen LogP contribution in [0.2, 0.25) is 0 Å². The Kier molecular flexibility index (Phi) is 10.6. The van der Waals surface area contributed by atoms with Crippen LogP contribution in [-0.2, 0) is 13.2 Å². The number of hydrogen-bond donors (Lipinski definition) is 3. The lowest BCUT2D eigenvalue weighted by molar-refractivity contribution is 0.0949. The van der Waals surface area contributed by atoms with E-state index in [0.29, 0.717) is 66.1 Å². The summed E-state index contributed by atoms with van der Waals surface area (Å²) in [5, 5.41) is 5.82. The van der Waals surface area contributed by atoms with Crippen LogP contribution in [0, 0.1) is 6.92 Å². The lowest BCUT2D eigenvalue weighted by Gasteiger charge is -2.15. The molecule has 0 saturated heterocycles. The summed E-state index contributed by atoms with van der Waals surface area (Å²) in [6.07, 6.45) is 3.83. The zero-order valence-electron chi connectivity index (χ0n) is 25.7. The van der Waals surface area contributed by atoms with Crippen molar-refractivity contribution in [1.82, 2.24) is 10.3 Å². The molecule has 0 aliphatic rings. The van der Waals surface area contributed by atoms with Crippen LogP contribution < -0.4 is 30.6 Å². The summed E-state index contributed by atoms with van der Waals surface area (Å²) in [5.41, 5.74) is 10.5. The molecule has 0 unspecified atom stereocenters. The molecular weight excluding hydrogens is 584 g/mol. The number of anilines is 1. The first-order chi connectivity index (χ1) is 22.4. The molecule has 0 atom stereocenters. The van der Waals surface area contributed by atoms with Crippen molar-refractivity contribution in [3.8, 4) is 28.7 Å². The fraction of sp³-hybridized carbons (Fsp3) is 0.194. The Hall–Kier alpha value is -5.61. The van der Waals surface area contributed by atoms with Gasteiger partial charge in [0.15, 0.2) is 0 Å². The third kappa shape index (κ3) is 8.10. The Morgan fingerprint density at radius 2 is 1.72 bits per heavy atom. The van der Waals surface area contributed by atoms with E-state index in [1.165, 1.54) is 7.11 Å². The maximum absolute atomic E-state index is 13.2. The summed E-state index contributed by atoms with van der Waals surface area (Å²) in [7, 11) is 1.48. The van der Waals surface area contributed by atoms with E-state index in [1.54, 1.807) is 54.9 Å². The van der Waals surface area contributed by atoms with E-state index in [2.05, 4.69) is 15.6 Å². The lowest BCUT2D eigenvalue weighted by Crippen LogP contribution is -2.23. The minimum absolute atomic E-state index is 0.249. The molecule has 0 spiro atoms. The summed E-state index contributed by atoms with van der Waals surface area (Å²) in [6, 6.07) is 25.5. The van der Waals surface area contributed by atoms with E-state index in [1.807, 2.05) is 49.4 Å². The number of amides is 2. The average Bonchev–Trinajstić information content (AvgIpc) is 3.63. The summed E-state index contributed by atoms with van der Waals surface area (Å²) in [5.74, 6) is 1.38. The number of carbonyl (C=O) groups excluding carboxylic acids is 2. The molecule has 0 radical (unpaired) electrons. The fourth-order valence-corrected chi connectivity index (χ4v) is 4.66. The number of para-hydroxylation sites is 1. The summed E-state index contributed by atoms with van der Waals surface area (Å²) >= 11 is 0. The molecule has 0 aliphatic carbocycles. The molecule has 0 aliphatic heterocycles. The number of aryl methyl sites for hydroxylation is 1. The lowest BCUT2D eigenvalue weighted by atomic mass is 10.1. The van der Waals surface area contributed by atoms with Crippen molar-refractivity contribution >= 4 is 17.5 Å². The number of methoxy groups -OCH3 is 1. The van der Waals surface area contributed by atoms with Crippen molar-refractivity contribution in [2.45, 2.75) is 26.5 Å². The van der Waals surface area contributed by atoms with Gasteiger partial charge in [0.1, 0.15) is 30.1 Å². The number of ether oxygens (including phenoxy) is 3. The minimum atomic E-state index is -0.365. The van der Waals surface area contributed by atoms with Gasteiger partial charge in [0.2, 0.25) is 5.89 Å². The topological polar surface area (TPSA) is 138 Å². The van der Waals surface area contributed by atoms with Crippen LogP contribution in [-0.4, -0.2) is 37.1 Å². The van der Waals surface area contributed by atoms with Gasteiger partial charge >= 0.3 is 0 Å². The number of oxazole rings is 1. The second-order valence-corrected chi connectivity index (χ2v) is 10.5. The van der Waals surface area contributed by atoms with E-state index in [9.17, 15) is 9.59 Å². The van der Waals surface area contributed by atoms with Crippen LogP contribution in [0.5, 0.6) is 17.2 Å². The number of rotatable bonds is 14. The van der Waals surface area contributed by atoms with E-state index in [0.717, 1.165) is 22.3 Å². The molecule has 5 aromatic rings. The van der Waals surface area contributed by atoms with Gasteiger partial charge in [-0.25, -0.2) is 4.98 Å². The summed E-state index contributed by atoms with van der Waals surface area (Å²) in [4.78, 5) is 30.4. The molecule has 46 heavy (non-hydrogen) atoms. The maximum atomic E-state index is 13.2. The van der Waals surface area contributed by atoms with Crippen LogP contribution in [0.3, 0.4) is 0 Å². The van der Waals surface area contributed by atoms with E-state index in [-0.39, 0.29) is 18.4 Å². The highest BCUT2D eigenvalue weighted by molar-refractivity contribution is 6.07. The average molecular weight is 621 g/mol. The molecule has 4 aromatic carbocycles. The number of hydrogen-bond acceptors (Lipinski definition) is 8. The van der Waals surface area contributed by atoms with Gasteiger partial charge in [-0.2, -0.15) is 0 Å². The normalized spacial score (nSPS) is 10.7. The largest absolute Gasteiger partial charge is 0.495 e. The van der Waals surface area contributed by atoms with Gasteiger partial charge in [0.25, 0.3) is 11.8 Å². The smallest absolute Gasteiger partial charge is 0.259 e. The molecule has 0 bridgehead atoms. The third-order valence-electron chi connectivity index (χ3n) is 7.14. The molecule has 1 aromatic heterocycles. The highest BCUT2D eigenvalue weighted by Gasteiger charge is 2.17. The van der Waals surface area contributed by atoms with E-state index in [4.69, 9.17) is 24.4 Å². The van der Waals surface area contributed by atoms with Gasteiger partial charge in [-0.15, -0.1) is 0 Å². The van der Waals surface area contributed by atoms with Gasteiger partial charge in [-0.05, 0) is 79.5 Å². The maximum Gasteiger partial charge on any atom is 0.259 e. The number of nitrogens with zero attached hydrogens (tertiary/aromatic N) is 1. The number of nitrogens with two attached hydrogens (primary N) is 1. The molecule has 4 N–H and O–H groups in total. The molecule has 10 nitrogen and oxygen atoms in total. The number of aromatic nitrogens is 1. The van der Waals surface area contributed by atoms with Gasteiger partial charge in [-0.3, -0.25) is 9.59 Å². The van der Waals surface area contributed by atoms with Crippen LogP contribution >= 0.6 is 0 Å². The Labute approximate surface area is 267 Å². The standard InChI is InChI=1S/C36H36N4O6/c1-24-8-11-28(32(20-24)46-23-25-9-12-26(13-10-25)36-38-17-19-45-36)22-39-34(41)27-14-15-30(33(21-27)43-2)40-35(42)29-6-3-4-7-31(29)44-18-5-16-37/h3-4,6-15,17,19-21H,5,16,18,22-23,37H2,1-2H3,(H,39,41)(H,40,42). The number of carbonyl (C=O) groups is 2. The molecule has 5 rings (SSSR count). The van der Waals surface area contributed by atoms with E-state index >= 15 is 0 Å². The number of nitrogens with one attached hydrogen (secondary N) is 2. The zero-order chi connectivity index (χ0) is 32.3. The molecule has 2 amide bonds. The van der Waals surface area contributed by atoms with Crippen molar-refractivity contribution in [3.05, 3.63) is 125 Å². The quantitative estimate of drug-likeness (QED) is 0.126. The Morgan fingerprint density at radius 1 is 0.891 bits per heavy atom. The molecule has 0 fully saturated rings. The first-order valence-electron chi connectivity index (χ1n) is 14.9. The monoisotopic (exact) mass is 620 g/mol. The van der Waals surface area contributed by atoms with Crippen LogP contribution in [0.15, 0.2) is 102 Å². The van der Waals surface area contributed by atoms with E-state index < -0.39 is 0 Å². The van der Waals surface area contributed by atoms with Gasteiger partial charge in [-0.1, -0.05) is 36.4 Å². The van der Waals surface area contributed by atoms with Gasteiger partial charge < -0.3 is 35.0 Å². The van der Waals surface area contributed by atoms with Crippen molar-refractivity contribution in [2.24, 2.45) is 5.73 Å². The van der Waals surface area contributed by atoms with Crippen molar-refractivity contribution < 1.29 is 28.2 Å². The second kappa shape index (κ2) is 15.4. The Balaban J connectivity index is 1.21. The second-order valence-electron chi connectivity index (χ2n) is 10.5. The molecule has 10 heteroatoms. The highest BCUT2D eigenvalue weighted by atomic mass is 16.5. The van der Waals surface area contributed by atoms with Gasteiger partial charge in [0.05, 0.1) is 31.2 Å². The summed E-state index contributed by atoms with van der Waals surface area (Å²) in [6.45, 7) is 3.49. The summed E-state index contributed by atoms with van der Waals surface area (Å²) < 4.78 is 22.8. The van der Waals surface area contributed by atoms with Crippen molar-refractivity contribution in [3.63, 3.8) is 0 Å². The predicted octanol–water partition coefficient (Wildman–Crippen LogP) is 6.15. The third-order valence-corrected chi connectivity index (χ3v) is 7.14. The minimum Gasteiger partial charge on any atom is -0.495 e. The van der Waals surface area contributed by atoms with Gasteiger partial charge in [0, 0.05) is 23.2 Å². The van der Waals surface area contributed by atoms with Crippen LogP contribution in [0.25, 0.3) is 11.5 Å². The molecule has 236 valence electrons. The Bertz CT molecular complexity index is 1770. The van der Waals surface area contributed by atoms with Crippen molar-refractivity contribution in [1.29, 1.82) is 0 Å². The number of benzene rings is 4. The SMILES string of the molecule is COc1cc(C(=O)NCc2ccc(C)cc2OCc2ccc(-c3ncco3)cc2)ccc1NC(=O)c1ccccc1OCCCN. The Morgan fingerprint density at radius 3 is 2.48 bits per heavy atom. The highest BCUT2D eigenvalue weighted by Crippen LogP contribution is 2.28. The van der Waals surface area contributed by atoms with Crippen molar-refractivity contribution in [2.75, 3.05) is 25.6 Å². The first kappa shape index (κ1) is 31.8. The zero-order valence-corrected chi connectivity index (χ0v) is 25.7. The van der Waals surface area contributed by atoms with Crippen LogP contribution in [0.1, 0.15) is 43.8 Å². The molecule has 1 heterocycles. The first-order valence-corrected chi connectivity index (χ1v) is 14.9. The molecule has 0 saturated carbocycles.